The molecule has 0 atom stereocenters. The third-order valence-corrected chi connectivity index (χ3v) is 3.64. The minimum atomic E-state index is 0.580. The maximum Gasteiger partial charge on any atom is 0.213 e. The van der Waals surface area contributed by atoms with Gasteiger partial charge in [-0.3, -0.25) is 4.99 Å². The highest BCUT2D eigenvalue weighted by Gasteiger charge is 2.02. The predicted molar refractivity (Wildman–Crippen MR) is 91.5 cm³/mol. The number of aromatic nitrogens is 2. The van der Waals surface area contributed by atoms with E-state index >= 15 is 0 Å². The zero-order valence-electron chi connectivity index (χ0n) is 12.0. The van der Waals surface area contributed by atoms with E-state index < -0.39 is 0 Å². The number of benzene rings is 1. The van der Waals surface area contributed by atoms with E-state index in [0.29, 0.717) is 5.88 Å². The number of ether oxygens (including phenoxy) is 1. The second kappa shape index (κ2) is 6.58. The molecule has 0 saturated heterocycles. The number of aliphatic imine (C=N–C) groups is 1. The van der Waals surface area contributed by atoms with Gasteiger partial charge in [0.05, 0.1) is 30.9 Å². The zero-order valence-corrected chi connectivity index (χ0v) is 13.6. The number of hydrogen-bond acceptors (Lipinski definition) is 3. The summed E-state index contributed by atoms with van der Waals surface area (Å²) in [6.45, 7) is 0. The standard InChI is InChI=1S/C17H14BrN3O/c1-22-17-8-7-14(11-20-17)19-12-16-6-3-9-21(16)15-5-2-4-13(18)10-15/h2-12H,1H3. The van der Waals surface area contributed by atoms with E-state index in [-0.39, 0.29) is 0 Å². The molecule has 5 heteroatoms. The minimum absolute atomic E-state index is 0.580. The summed E-state index contributed by atoms with van der Waals surface area (Å²) < 4.78 is 8.15. The lowest BCUT2D eigenvalue weighted by molar-refractivity contribution is 0.398. The molecule has 22 heavy (non-hydrogen) atoms. The normalized spacial score (nSPS) is 11.0. The second-order valence-corrected chi connectivity index (χ2v) is 5.52. The Morgan fingerprint density at radius 2 is 2.09 bits per heavy atom. The second-order valence-electron chi connectivity index (χ2n) is 4.60. The lowest BCUT2D eigenvalue weighted by Crippen LogP contribution is -1.97. The average molecular weight is 356 g/mol. The summed E-state index contributed by atoms with van der Waals surface area (Å²) in [5.41, 5.74) is 2.85. The molecule has 3 aromatic rings. The molecule has 2 aromatic heterocycles. The van der Waals surface area contributed by atoms with Crippen LogP contribution >= 0.6 is 15.9 Å². The van der Waals surface area contributed by atoms with Gasteiger partial charge in [0.1, 0.15) is 0 Å². The fraction of sp³-hybridized carbons (Fsp3) is 0.0588. The van der Waals surface area contributed by atoms with Crippen LogP contribution in [-0.2, 0) is 0 Å². The van der Waals surface area contributed by atoms with Crippen molar-refractivity contribution in [1.82, 2.24) is 9.55 Å². The smallest absolute Gasteiger partial charge is 0.213 e. The van der Waals surface area contributed by atoms with Crippen LogP contribution in [0, 0.1) is 0 Å². The van der Waals surface area contributed by atoms with Gasteiger partial charge in [-0.1, -0.05) is 22.0 Å². The van der Waals surface area contributed by atoms with E-state index in [1.54, 1.807) is 19.4 Å². The van der Waals surface area contributed by atoms with E-state index in [0.717, 1.165) is 21.5 Å². The van der Waals surface area contributed by atoms with Gasteiger partial charge in [-0.05, 0) is 36.4 Å². The Labute approximate surface area is 137 Å². The average Bonchev–Trinajstić information content (AvgIpc) is 3.02. The lowest BCUT2D eigenvalue weighted by Gasteiger charge is -2.06. The van der Waals surface area contributed by atoms with Crippen molar-refractivity contribution >= 4 is 27.8 Å². The van der Waals surface area contributed by atoms with Crippen LogP contribution < -0.4 is 4.74 Å². The molecule has 1 aromatic carbocycles. The molecule has 0 spiro atoms. The monoisotopic (exact) mass is 355 g/mol. The highest BCUT2D eigenvalue weighted by atomic mass is 79.9. The van der Waals surface area contributed by atoms with E-state index in [4.69, 9.17) is 4.74 Å². The zero-order chi connectivity index (χ0) is 15.4. The third kappa shape index (κ3) is 3.26. The summed E-state index contributed by atoms with van der Waals surface area (Å²) in [7, 11) is 1.59. The molecule has 0 aliphatic rings. The summed E-state index contributed by atoms with van der Waals surface area (Å²) >= 11 is 3.49. The minimum Gasteiger partial charge on any atom is -0.481 e. The molecule has 0 aliphatic heterocycles. The van der Waals surface area contributed by atoms with Gasteiger partial charge in [0.25, 0.3) is 0 Å². The van der Waals surface area contributed by atoms with E-state index in [1.807, 2.05) is 42.7 Å². The van der Waals surface area contributed by atoms with E-state index in [1.165, 1.54) is 0 Å². The predicted octanol–water partition coefficient (Wildman–Crippen LogP) is 4.39. The van der Waals surface area contributed by atoms with Crippen molar-refractivity contribution in [3.63, 3.8) is 0 Å². The van der Waals surface area contributed by atoms with Crippen molar-refractivity contribution in [2.75, 3.05) is 7.11 Å². The quantitative estimate of drug-likeness (QED) is 0.651. The molecule has 0 aliphatic carbocycles. The van der Waals surface area contributed by atoms with Crippen molar-refractivity contribution in [2.24, 2.45) is 4.99 Å². The maximum atomic E-state index is 5.04. The van der Waals surface area contributed by atoms with Gasteiger partial charge in [0, 0.05) is 22.4 Å². The van der Waals surface area contributed by atoms with Crippen molar-refractivity contribution in [1.29, 1.82) is 0 Å². The molecule has 0 unspecified atom stereocenters. The maximum absolute atomic E-state index is 5.04. The first-order chi connectivity index (χ1) is 10.8. The lowest BCUT2D eigenvalue weighted by atomic mass is 10.3. The molecular weight excluding hydrogens is 342 g/mol. The van der Waals surface area contributed by atoms with Crippen LogP contribution in [0.2, 0.25) is 0 Å². The molecular formula is C17H14BrN3O. The number of hydrogen-bond donors (Lipinski definition) is 0. The number of rotatable bonds is 4. The Hall–Kier alpha value is -2.40. The van der Waals surface area contributed by atoms with Crippen LogP contribution in [0.25, 0.3) is 5.69 Å². The summed E-state index contributed by atoms with van der Waals surface area (Å²) in [6.07, 6.45) is 5.52. The molecule has 0 amide bonds. The molecule has 4 nitrogen and oxygen atoms in total. The van der Waals surface area contributed by atoms with E-state index in [2.05, 4.69) is 42.6 Å². The third-order valence-electron chi connectivity index (χ3n) is 3.14. The highest BCUT2D eigenvalue weighted by Crippen LogP contribution is 2.18. The van der Waals surface area contributed by atoms with Crippen LogP contribution in [0.3, 0.4) is 0 Å². The van der Waals surface area contributed by atoms with Crippen molar-refractivity contribution in [2.45, 2.75) is 0 Å². The Balaban J connectivity index is 1.87. The van der Waals surface area contributed by atoms with Crippen LogP contribution in [0.4, 0.5) is 5.69 Å². The van der Waals surface area contributed by atoms with Gasteiger partial charge in [0.15, 0.2) is 0 Å². The fourth-order valence-electron chi connectivity index (χ4n) is 2.07. The van der Waals surface area contributed by atoms with Crippen molar-refractivity contribution < 1.29 is 4.74 Å². The van der Waals surface area contributed by atoms with Gasteiger partial charge in [-0.15, -0.1) is 0 Å². The van der Waals surface area contributed by atoms with E-state index in [9.17, 15) is 0 Å². The van der Waals surface area contributed by atoms with Gasteiger partial charge in [0.2, 0.25) is 5.88 Å². The van der Waals surface area contributed by atoms with Crippen LogP contribution in [0.5, 0.6) is 5.88 Å². The van der Waals surface area contributed by atoms with Crippen LogP contribution in [-0.4, -0.2) is 22.9 Å². The fourth-order valence-corrected chi connectivity index (χ4v) is 2.46. The molecule has 0 bridgehead atoms. The summed E-state index contributed by atoms with van der Waals surface area (Å²) in [5.74, 6) is 0.580. The van der Waals surface area contributed by atoms with Crippen molar-refractivity contribution in [3.05, 3.63) is 71.1 Å². The number of halogens is 1. The van der Waals surface area contributed by atoms with Crippen molar-refractivity contribution in [3.8, 4) is 11.6 Å². The number of nitrogens with zero attached hydrogens (tertiary/aromatic N) is 3. The van der Waals surface area contributed by atoms with Gasteiger partial charge >= 0.3 is 0 Å². The first-order valence-corrected chi connectivity index (χ1v) is 7.53. The Bertz CT molecular complexity index is 794. The summed E-state index contributed by atoms with van der Waals surface area (Å²) in [4.78, 5) is 8.60. The number of methoxy groups -OCH3 is 1. The topological polar surface area (TPSA) is 39.4 Å². The Kier molecular flexibility index (Phi) is 4.34. The first kappa shape index (κ1) is 14.5. The largest absolute Gasteiger partial charge is 0.481 e. The number of pyridine rings is 1. The SMILES string of the molecule is COc1ccc(N=Cc2cccn2-c2cccc(Br)c2)cn1. The van der Waals surface area contributed by atoms with Gasteiger partial charge < -0.3 is 9.30 Å². The molecule has 0 N–H and O–H groups in total. The molecule has 3 rings (SSSR count). The Morgan fingerprint density at radius 1 is 1.18 bits per heavy atom. The molecule has 2 heterocycles. The van der Waals surface area contributed by atoms with Crippen LogP contribution in [0.1, 0.15) is 5.69 Å². The summed E-state index contributed by atoms with van der Waals surface area (Å²) in [6, 6.07) is 15.8. The van der Waals surface area contributed by atoms with Gasteiger partial charge in [-0.2, -0.15) is 0 Å². The summed E-state index contributed by atoms with van der Waals surface area (Å²) in [5, 5.41) is 0. The molecule has 110 valence electrons. The highest BCUT2D eigenvalue weighted by molar-refractivity contribution is 9.10. The first-order valence-electron chi connectivity index (χ1n) is 6.74. The van der Waals surface area contributed by atoms with Crippen LogP contribution in [0.15, 0.2) is 70.4 Å². The van der Waals surface area contributed by atoms with Gasteiger partial charge in [-0.25, -0.2) is 4.98 Å². The molecule has 0 saturated carbocycles. The molecule has 0 radical (unpaired) electrons. The Morgan fingerprint density at radius 3 is 2.82 bits per heavy atom. The molecule has 0 fully saturated rings.